The van der Waals surface area contributed by atoms with Crippen LogP contribution in [0.25, 0.3) is 11.1 Å². The molecule has 0 aliphatic carbocycles. The van der Waals surface area contributed by atoms with Gasteiger partial charge in [0.15, 0.2) is 17.3 Å². The van der Waals surface area contributed by atoms with E-state index >= 15 is 0 Å². The molecule has 3 N–H and O–H groups in total. The lowest BCUT2D eigenvalue weighted by molar-refractivity contribution is -0.123. The molecule has 7 nitrogen and oxygen atoms in total. The first-order valence-electron chi connectivity index (χ1n) is 9.20. The Kier molecular flexibility index (Phi) is 6.16. The third kappa shape index (κ3) is 4.09. The van der Waals surface area contributed by atoms with Gasteiger partial charge in [-0.3, -0.25) is 9.59 Å². The van der Waals surface area contributed by atoms with Crippen LogP contribution in [0.2, 0.25) is 0 Å². The Morgan fingerprint density at radius 2 is 1.89 bits per heavy atom. The molecule has 7 heteroatoms. The topological polar surface area (TPSA) is 105 Å². The van der Waals surface area contributed by atoms with Crippen molar-refractivity contribution < 1.29 is 29.3 Å². The van der Waals surface area contributed by atoms with Crippen LogP contribution in [0.15, 0.2) is 30.3 Å². The Bertz CT molecular complexity index is 893. The molecule has 1 aliphatic rings. The molecule has 0 unspecified atom stereocenters. The van der Waals surface area contributed by atoms with E-state index in [2.05, 4.69) is 5.32 Å². The molecule has 3 rings (SSSR count). The summed E-state index contributed by atoms with van der Waals surface area (Å²) in [6.45, 7) is 2.59. The highest BCUT2D eigenvalue weighted by Crippen LogP contribution is 2.44. The van der Waals surface area contributed by atoms with Gasteiger partial charge in [-0.15, -0.1) is 0 Å². The SMILES string of the molecule is CCCC(=O)COCCOc1c(-c2cccc3c2CNC3=O)ccc(O)c1O. The van der Waals surface area contributed by atoms with Crippen LogP contribution in [-0.2, 0) is 16.1 Å². The number of aromatic hydroxyl groups is 2. The summed E-state index contributed by atoms with van der Waals surface area (Å²) in [4.78, 5) is 23.4. The second-order valence-corrected chi connectivity index (χ2v) is 6.51. The smallest absolute Gasteiger partial charge is 0.251 e. The van der Waals surface area contributed by atoms with Gasteiger partial charge < -0.3 is 25.0 Å². The molecule has 0 spiro atoms. The van der Waals surface area contributed by atoms with Crippen molar-refractivity contribution in [2.75, 3.05) is 19.8 Å². The molecule has 0 saturated heterocycles. The highest BCUT2D eigenvalue weighted by atomic mass is 16.5. The number of carbonyl (C=O) groups excluding carboxylic acids is 2. The Labute approximate surface area is 162 Å². The summed E-state index contributed by atoms with van der Waals surface area (Å²) < 4.78 is 11.0. The fourth-order valence-electron chi connectivity index (χ4n) is 3.16. The number of Topliss-reactive ketones (excluding diaryl/α,β-unsaturated/α-hetero) is 1. The minimum Gasteiger partial charge on any atom is -0.504 e. The van der Waals surface area contributed by atoms with Gasteiger partial charge in [0.1, 0.15) is 13.2 Å². The average Bonchev–Trinajstić information content (AvgIpc) is 3.06. The van der Waals surface area contributed by atoms with Gasteiger partial charge in [-0.2, -0.15) is 0 Å². The molecule has 0 bridgehead atoms. The summed E-state index contributed by atoms with van der Waals surface area (Å²) in [7, 11) is 0. The van der Waals surface area contributed by atoms with Gasteiger partial charge in [0, 0.05) is 24.1 Å². The molecular formula is C21H23NO6. The van der Waals surface area contributed by atoms with Gasteiger partial charge in [0.2, 0.25) is 5.75 Å². The molecule has 1 heterocycles. The molecule has 0 fully saturated rings. The number of phenols is 2. The zero-order valence-electron chi connectivity index (χ0n) is 15.7. The van der Waals surface area contributed by atoms with Crippen molar-refractivity contribution in [2.45, 2.75) is 26.3 Å². The Morgan fingerprint density at radius 1 is 1.11 bits per heavy atom. The lowest BCUT2D eigenvalue weighted by Gasteiger charge is -2.16. The summed E-state index contributed by atoms with van der Waals surface area (Å²) in [5, 5.41) is 22.9. The van der Waals surface area contributed by atoms with E-state index in [4.69, 9.17) is 9.47 Å². The van der Waals surface area contributed by atoms with E-state index in [0.717, 1.165) is 17.5 Å². The Hall–Kier alpha value is -3.06. The first kappa shape index (κ1) is 19.7. The number of hydrogen-bond acceptors (Lipinski definition) is 6. The second-order valence-electron chi connectivity index (χ2n) is 6.51. The third-order valence-electron chi connectivity index (χ3n) is 4.51. The highest BCUT2D eigenvalue weighted by molar-refractivity contribution is 6.01. The van der Waals surface area contributed by atoms with Gasteiger partial charge in [-0.25, -0.2) is 0 Å². The molecule has 0 aromatic heterocycles. The van der Waals surface area contributed by atoms with E-state index in [9.17, 15) is 19.8 Å². The van der Waals surface area contributed by atoms with Crippen molar-refractivity contribution >= 4 is 11.7 Å². The van der Waals surface area contributed by atoms with E-state index in [0.29, 0.717) is 24.1 Å². The van der Waals surface area contributed by atoms with Crippen LogP contribution < -0.4 is 10.1 Å². The van der Waals surface area contributed by atoms with Crippen LogP contribution in [0.3, 0.4) is 0 Å². The monoisotopic (exact) mass is 385 g/mol. The number of amides is 1. The minimum absolute atomic E-state index is 0.0239. The minimum atomic E-state index is -0.380. The maximum atomic E-state index is 11.9. The Balaban J connectivity index is 1.78. The molecule has 0 radical (unpaired) electrons. The first-order valence-corrected chi connectivity index (χ1v) is 9.20. The summed E-state index contributed by atoms with van der Waals surface area (Å²) in [6.07, 6.45) is 1.25. The van der Waals surface area contributed by atoms with E-state index in [-0.39, 0.29) is 48.8 Å². The second kappa shape index (κ2) is 8.75. The molecule has 2 aromatic rings. The number of phenolic OH excluding ortho intramolecular Hbond substituents is 2. The van der Waals surface area contributed by atoms with Gasteiger partial charge >= 0.3 is 0 Å². The number of benzene rings is 2. The molecule has 2 aromatic carbocycles. The van der Waals surface area contributed by atoms with Crippen LogP contribution >= 0.6 is 0 Å². The lowest BCUT2D eigenvalue weighted by Crippen LogP contribution is -2.13. The summed E-state index contributed by atoms with van der Waals surface area (Å²) in [5.41, 5.74) is 2.68. The van der Waals surface area contributed by atoms with Gasteiger partial charge in [0.05, 0.1) is 6.61 Å². The summed E-state index contributed by atoms with van der Waals surface area (Å²) >= 11 is 0. The highest BCUT2D eigenvalue weighted by Gasteiger charge is 2.24. The van der Waals surface area contributed by atoms with Crippen LogP contribution in [0.1, 0.15) is 35.7 Å². The number of nitrogens with one attached hydrogen (secondary N) is 1. The molecule has 0 saturated carbocycles. The number of carbonyl (C=O) groups is 2. The molecule has 28 heavy (non-hydrogen) atoms. The number of fused-ring (bicyclic) bond motifs is 1. The lowest BCUT2D eigenvalue weighted by atomic mass is 9.96. The van der Waals surface area contributed by atoms with Gasteiger partial charge in [-0.1, -0.05) is 19.1 Å². The number of ketones is 1. The largest absolute Gasteiger partial charge is 0.504 e. The molecule has 1 aliphatic heterocycles. The van der Waals surface area contributed by atoms with E-state index in [1.54, 1.807) is 18.2 Å². The van der Waals surface area contributed by atoms with E-state index in [1.165, 1.54) is 6.07 Å². The average molecular weight is 385 g/mol. The fourth-order valence-corrected chi connectivity index (χ4v) is 3.16. The van der Waals surface area contributed by atoms with Crippen molar-refractivity contribution in [1.82, 2.24) is 5.32 Å². The zero-order valence-corrected chi connectivity index (χ0v) is 15.7. The molecule has 148 valence electrons. The maximum Gasteiger partial charge on any atom is 0.251 e. The van der Waals surface area contributed by atoms with Crippen molar-refractivity contribution in [3.63, 3.8) is 0 Å². The van der Waals surface area contributed by atoms with Crippen LogP contribution in [0.4, 0.5) is 0 Å². The van der Waals surface area contributed by atoms with Crippen LogP contribution in [0.5, 0.6) is 17.2 Å². The summed E-state index contributed by atoms with van der Waals surface area (Å²) in [5.74, 6) is -0.696. The van der Waals surface area contributed by atoms with Crippen molar-refractivity contribution in [1.29, 1.82) is 0 Å². The maximum absolute atomic E-state index is 11.9. The van der Waals surface area contributed by atoms with Crippen LogP contribution in [0, 0.1) is 0 Å². The van der Waals surface area contributed by atoms with Crippen molar-refractivity contribution in [3.05, 3.63) is 41.5 Å². The standard InChI is InChI=1S/C21H23NO6/c1-2-4-13(23)12-27-9-10-28-20-15(7-8-18(24)19(20)25)14-5-3-6-16-17(14)11-22-21(16)26/h3,5-8,24-25H,2,4,9-12H2,1H3,(H,22,26). The van der Waals surface area contributed by atoms with Crippen LogP contribution in [-0.4, -0.2) is 41.7 Å². The predicted molar refractivity (Wildman–Crippen MR) is 103 cm³/mol. The zero-order chi connectivity index (χ0) is 20.1. The van der Waals surface area contributed by atoms with Gasteiger partial charge in [0.25, 0.3) is 5.91 Å². The van der Waals surface area contributed by atoms with Gasteiger partial charge in [-0.05, 0) is 35.7 Å². The van der Waals surface area contributed by atoms with E-state index in [1.807, 2.05) is 13.0 Å². The normalized spacial score (nSPS) is 12.5. The first-order chi connectivity index (χ1) is 13.5. The number of hydrogen-bond donors (Lipinski definition) is 3. The fraction of sp³-hybridized carbons (Fsp3) is 0.333. The van der Waals surface area contributed by atoms with Crippen molar-refractivity contribution in [3.8, 4) is 28.4 Å². The predicted octanol–water partition coefficient (Wildman–Crippen LogP) is 2.77. The number of ether oxygens (including phenoxy) is 2. The molecule has 0 atom stereocenters. The third-order valence-corrected chi connectivity index (χ3v) is 4.51. The number of rotatable bonds is 9. The Morgan fingerprint density at radius 3 is 2.68 bits per heavy atom. The van der Waals surface area contributed by atoms with Crippen molar-refractivity contribution in [2.24, 2.45) is 0 Å². The summed E-state index contributed by atoms with van der Waals surface area (Å²) in [6, 6.07) is 8.34. The van der Waals surface area contributed by atoms with E-state index < -0.39 is 0 Å². The quantitative estimate of drug-likeness (QED) is 0.453. The molecular weight excluding hydrogens is 362 g/mol. The molecule has 1 amide bonds.